The predicted molar refractivity (Wildman–Crippen MR) is 58.8 cm³/mol. The standard InChI is InChI=1S/C10H19N5O/c1-9(2,3)15-13-8(12-14-15)10(6-11)4-7(16)5-10/h7,16H,4-6,11H2,1-3H3. The number of rotatable bonds is 2. The van der Waals surface area contributed by atoms with Gasteiger partial charge in [0.25, 0.3) is 0 Å². The summed E-state index contributed by atoms with van der Waals surface area (Å²) in [5.74, 6) is 0.662. The molecule has 0 amide bonds. The SMILES string of the molecule is CC(C)(C)n1nnc(C2(CN)CC(O)C2)n1. The number of tetrazole rings is 1. The Balaban J connectivity index is 2.25. The predicted octanol–water partition coefficient (Wildman–Crippen LogP) is -0.221. The molecule has 1 aromatic heterocycles. The third-order valence-corrected chi connectivity index (χ3v) is 3.13. The average Bonchev–Trinajstić information content (AvgIpc) is 2.60. The van der Waals surface area contributed by atoms with Crippen LogP contribution in [0.5, 0.6) is 0 Å². The van der Waals surface area contributed by atoms with Gasteiger partial charge in [-0.3, -0.25) is 0 Å². The Labute approximate surface area is 94.8 Å². The minimum atomic E-state index is -0.273. The van der Waals surface area contributed by atoms with Crippen LogP contribution in [0.15, 0.2) is 0 Å². The molecule has 90 valence electrons. The maximum Gasteiger partial charge on any atom is 0.182 e. The molecule has 6 nitrogen and oxygen atoms in total. The summed E-state index contributed by atoms with van der Waals surface area (Å²) in [6, 6.07) is 0. The second-order valence-corrected chi connectivity index (χ2v) is 5.62. The Morgan fingerprint density at radius 2 is 2.12 bits per heavy atom. The Morgan fingerprint density at radius 1 is 1.50 bits per heavy atom. The molecule has 1 aromatic rings. The first-order valence-electron chi connectivity index (χ1n) is 5.56. The summed E-state index contributed by atoms with van der Waals surface area (Å²) < 4.78 is 0. The molecule has 0 saturated heterocycles. The molecule has 1 heterocycles. The van der Waals surface area contributed by atoms with Crippen LogP contribution in [0, 0.1) is 0 Å². The van der Waals surface area contributed by atoms with Gasteiger partial charge >= 0.3 is 0 Å². The van der Waals surface area contributed by atoms with Gasteiger partial charge in [-0.15, -0.1) is 10.2 Å². The normalized spacial score (nSPS) is 30.2. The molecule has 0 unspecified atom stereocenters. The molecule has 0 spiro atoms. The molecule has 6 heteroatoms. The van der Waals surface area contributed by atoms with E-state index in [0.29, 0.717) is 25.2 Å². The Hall–Kier alpha value is -1.01. The molecule has 0 aromatic carbocycles. The van der Waals surface area contributed by atoms with Gasteiger partial charge in [-0.25, -0.2) is 0 Å². The first-order valence-corrected chi connectivity index (χ1v) is 5.56. The zero-order valence-corrected chi connectivity index (χ0v) is 10.0. The lowest BCUT2D eigenvalue weighted by molar-refractivity contribution is 0.0174. The number of hydrogen-bond donors (Lipinski definition) is 2. The van der Waals surface area contributed by atoms with Crippen molar-refractivity contribution in [3.63, 3.8) is 0 Å². The number of hydrogen-bond acceptors (Lipinski definition) is 5. The zero-order chi connectivity index (χ0) is 12.0. The van der Waals surface area contributed by atoms with E-state index >= 15 is 0 Å². The van der Waals surface area contributed by atoms with Gasteiger partial charge in [0.05, 0.1) is 17.1 Å². The quantitative estimate of drug-likeness (QED) is 0.726. The van der Waals surface area contributed by atoms with E-state index in [-0.39, 0.29) is 17.1 Å². The fourth-order valence-corrected chi connectivity index (χ4v) is 1.99. The van der Waals surface area contributed by atoms with E-state index in [1.54, 1.807) is 4.80 Å². The maximum absolute atomic E-state index is 9.40. The van der Waals surface area contributed by atoms with E-state index in [0.717, 1.165) is 0 Å². The fourth-order valence-electron chi connectivity index (χ4n) is 1.99. The molecule has 1 aliphatic carbocycles. The molecule has 16 heavy (non-hydrogen) atoms. The van der Waals surface area contributed by atoms with Crippen molar-refractivity contribution in [2.24, 2.45) is 5.73 Å². The van der Waals surface area contributed by atoms with E-state index in [9.17, 15) is 5.11 Å². The van der Waals surface area contributed by atoms with Crippen LogP contribution in [0.2, 0.25) is 0 Å². The van der Waals surface area contributed by atoms with Crippen LogP contribution in [0.1, 0.15) is 39.4 Å². The zero-order valence-electron chi connectivity index (χ0n) is 10.0. The van der Waals surface area contributed by atoms with Crippen LogP contribution < -0.4 is 5.73 Å². The first-order chi connectivity index (χ1) is 7.37. The van der Waals surface area contributed by atoms with Gasteiger partial charge < -0.3 is 10.8 Å². The van der Waals surface area contributed by atoms with Crippen molar-refractivity contribution in [3.05, 3.63) is 5.82 Å². The number of aliphatic hydroxyl groups excluding tert-OH is 1. The fraction of sp³-hybridized carbons (Fsp3) is 0.900. The Morgan fingerprint density at radius 3 is 2.50 bits per heavy atom. The molecular weight excluding hydrogens is 206 g/mol. The van der Waals surface area contributed by atoms with Gasteiger partial charge in [-0.2, -0.15) is 4.80 Å². The lowest BCUT2D eigenvalue weighted by Gasteiger charge is -2.41. The van der Waals surface area contributed by atoms with Crippen molar-refractivity contribution in [2.45, 2.75) is 50.7 Å². The summed E-state index contributed by atoms with van der Waals surface area (Å²) >= 11 is 0. The second kappa shape index (κ2) is 3.49. The lowest BCUT2D eigenvalue weighted by atomic mass is 9.66. The number of nitrogens with two attached hydrogens (primary N) is 1. The monoisotopic (exact) mass is 225 g/mol. The number of nitrogens with zero attached hydrogens (tertiary/aromatic N) is 4. The van der Waals surface area contributed by atoms with Crippen LogP contribution in [-0.4, -0.2) is 38.0 Å². The van der Waals surface area contributed by atoms with Crippen molar-refractivity contribution < 1.29 is 5.11 Å². The highest BCUT2D eigenvalue weighted by atomic mass is 16.3. The molecule has 1 aliphatic rings. The first kappa shape index (κ1) is 11.5. The maximum atomic E-state index is 9.40. The van der Waals surface area contributed by atoms with E-state index in [2.05, 4.69) is 15.4 Å². The van der Waals surface area contributed by atoms with E-state index < -0.39 is 0 Å². The molecule has 0 atom stereocenters. The highest BCUT2D eigenvalue weighted by Crippen LogP contribution is 2.41. The van der Waals surface area contributed by atoms with Crippen LogP contribution >= 0.6 is 0 Å². The van der Waals surface area contributed by atoms with Crippen LogP contribution in [0.4, 0.5) is 0 Å². The molecule has 0 radical (unpaired) electrons. The van der Waals surface area contributed by atoms with Gasteiger partial charge in [-0.1, -0.05) is 0 Å². The molecule has 0 aliphatic heterocycles. The summed E-state index contributed by atoms with van der Waals surface area (Å²) in [5.41, 5.74) is 5.32. The summed E-state index contributed by atoms with van der Waals surface area (Å²) in [4.78, 5) is 1.60. The average molecular weight is 225 g/mol. The Bertz CT molecular complexity index is 375. The number of aromatic nitrogens is 4. The van der Waals surface area contributed by atoms with Crippen LogP contribution in [-0.2, 0) is 11.0 Å². The summed E-state index contributed by atoms with van der Waals surface area (Å²) in [6.45, 7) is 6.51. The molecule has 2 rings (SSSR count). The molecule has 0 bridgehead atoms. The van der Waals surface area contributed by atoms with E-state index in [4.69, 9.17) is 5.73 Å². The van der Waals surface area contributed by atoms with Gasteiger partial charge in [0.15, 0.2) is 5.82 Å². The van der Waals surface area contributed by atoms with E-state index in [1.807, 2.05) is 20.8 Å². The minimum Gasteiger partial charge on any atom is -0.393 e. The molecule has 1 fully saturated rings. The van der Waals surface area contributed by atoms with Crippen molar-refractivity contribution >= 4 is 0 Å². The Kier molecular flexibility index (Phi) is 2.51. The van der Waals surface area contributed by atoms with Crippen LogP contribution in [0.3, 0.4) is 0 Å². The van der Waals surface area contributed by atoms with E-state index in [1.165, 1.54) is 0 Å². The summed E-state index contributed by atoms with van der Waals surface area (Å²) in [7, 11) is 0. The second-order valence-electron chi connectivity index (χ2n) is 5.62. The third-order valence-electron chi connectivity index (χ3n) is 3.13. The number of aliphatic hydroxyl groups is 1. The van der Waals surface area contributed by atoms with Gasteiger partial charge in [0.1, 0.15) is 0 Å². The minimum absolute atomic E-state index is 0.177. The van der Waals surface area contributed by atoms with Crippen molar-refractivity contribution in [3.8, 4) is 0 Å². The molecule has 1 saturated carbocycles. The topological polar surface area (TPSA) is 89.9 Å². The smallest absolute Gasteiger partial charge is 0.182 e. The highest BCUT2D eigenvalue weighted by molar-refractivity contribution is 5.14. The van der Waals surface area contributed by atoms with Gasteiger partial charge in [-0.05, 0) is 38.8 Å². The van der Waals surface area contributed by atoms with Crippen molar-refractivity contribution in [2.75, 3.05) is 6.54 Å². The van der Waals surface area contributed by atoms with Gasteiger partial charge in [0, 0.05) is 6.54 Å². The van der Waals surface area contributed by atoms with Crippen molar-refractivity contribution in [1.82, 2.24) is 20.2 Å². The molecular formula is C10H19N5O. The van der Waals surface area contributed by atoms with Crippen molar-refractivity contribution in [1.29, 1.82) is 0 Å². The molecule has 3 N–H and O–H groups in total. The van der Waals surface area contributed by atoms with Crippen LogP contribution in [0.25, 0.3) is 0 Å². The highest BCUT2D eigenvalue weighted by Gasteiger charge is 2.47. The summed E-state index contributed by atoms with van der Waals surface area (Å²) in [5, 5.41) is 21.9. The summed E-state index contributed by atoms with van der Waals surface area (Å²) in [6.07, 6.45) is 1.00. The lowest BCUT2D eigenvalue weighted by Crippen LogP contribution is -2.50. The largest absolute Gasteiger partial charge is 0.393 e. The third kappa shape index (κ3) is 1.72. The van der Waals surface area contributed by atoms with Gasteiger partial charge in [0.2, 0.25) is 0 Å².